The number of thiophene rings is 1. The molecule has 1 heterocycles. The number of rotatable bonds is 7. The summed E-state index contributed by atoms with van der Waals surface area (Å²) < 4.78 is 12.4. The zero-order valence-electron chi connectivity index (χ0n) is 12.3. The summed E-state index contributed by atoms with van der Waals surface area (Å²) in [5.41, 5.74) is 7.17. The molecule has 2 N–H and O–H groups in total. The van der Waals surface area contributed by atoms with Crippen LogP contribution in [0.25, 0.3) is 0 Å². The second-order valence-electron chi connectivity index (χ2n) is 4.85. The molecule has 0 amide bonds. The summed E-state index contributed by atoms with van der Waals surface area (Å²) in [6, 6.07) is 10.3. The fourth-order valence-electron chi connectivity index (χ4n) is 1.98. The number of methoxy groups -OCH3 is 1. The highest BCUT2D eigenvalue weighted by molar-refractivity contribution is 9.11. The molecule has 1 atom stereocenters. The van der Waals surface area contributed by atoms with Gasteiger partial charge in [0.2, 0.25) is 0 Å². The molecule has 0 aliphatic rings. The van der Waals surface area contributed by atoms with Gasteiger partial charge in [0.15, 0.2) is 11.5 Å². The van der Waals surface area contributed by atoms with Crippen molar-refractivity contribution >= 4 is 27.3 Å². The molecule has 0 bridgehead atoms. The van der Waals surface area contributed by atoms with Gasteiger partial charge in [-0.3, -0.25) is 0 Å². The summed E-state index contributed by atoms with van der Waals surface area (Å²) in [6.45, 7) is 2.64. The third-order valence-electron chi connectivity index (χ3n) is 3.25. The standard InChI is InChI=1S/C16H20BrNO2S/c1-3-12(18)8-11-4-6-14(15(9-11)19-2)20-10-13-5-7-16(17)21-13/h4-7,9,12H,3,8,10,18H2,1-2H3. The number of hydrogen-bond acceptors (Lipinski definition) is 4. The van der Waals surface area contributed by atoms with Crippen molar-refractivity contribution in [3.63, 3.8) is 0 Å². The summed E-state index contributed by atoms with van der Waals surface area (Å²) in [7, 11) is 1.66. The minimum Gasteiger partial charge on any atom is -0.493 e. The van der Waals surface area contributed by atoms with E-state index in [2.05, 4.69) is 35.0 Å². The zero-order valence-corrected chi connectivity index (χ0v) is 14.7. The molecule has 2 rings (SSSR count). The maximum absolute atomic E-state index is 6.00. The Bertz CT molecular complexity index is 585. The highest BCUT2D eigenvalue weighted by Gasteiger charge is 2.09. The van der Waals surface area contributed by atoms with Crippen molar-refractivity contribution < 1.29 is 9.47 Å². The number of ether oxygens (including phenoxy) is 2. The van der Waals surface area contributed by atoms with E-state index >= 15 is 0 Å². The van der Waals surface area contributed by atoms with E-state index in [4.69, 9.17) is 15.2 Å². The van der Waals surface area contributed by atoms with Crippen LogP contribution in [-0.4, -0.2) is 13.2 Å². The van der Waals surface area contributed by atoms with Gasteiger partial charge in [-0.25, -0.2) is 0 Å². The van der Waals surface area contributed by atoms with E-state index in [1.54, 1.807) is 18.4 Å². The molecule has 0 radical (unpaired) electrons. The molecule has 114 valence electrons. The number of halogens is 1. The Labute approximate surface area is 138 Å². The van der Waals surface area contributed by atoms with Gasteiger partial charge in [0.25, 0.3) is 0 Å². The summed E-state index contributed by atoms with van der Waals surface area (Å²) in [5, 5.41) is 0. The Balaban J connectivity index is 2.05. The number of hydrogen-bond donors (Lipinski definition) is 1. The van der Waals surface area contributed by atoms with Gasteiger partial charge < -0.3 is 15.2 Å². The molecule has 0 spiro atoms. The van der Waals surface area contributed by atoms with Crippen molar-refractivity contribution in [2.75, 3.05) is 7.11 Å². The molecule has 1 unspecified atom stereocenters. The Kier molecular flexibility index (Phi) is 6.08. The first kappa shape index (κ1) is 16.3. The molecule has 0 saturated heterocycles. The van der Waals surface area contributed by atoms with Gasteiger partial charge in [0.05, 0.1) is 10.9 Å². The summed E-state index contributed by atoms with van der Waals surface area (Å²) in [4.78, 5) is 1.17. The fraction of sp³-hybridized carbons (Fsp3) is 0.375. The minimum absolute atomic E-state index is 0.185. The minimum atomic E-state index is 0.185. The van der Waals surface area contributed by atoms with Gasteiger partial charge in [-0.2, -0.15) is 0 Å². The van der Waals surface area contributed by atoms with E-state index in [0.717, 1.165) is 28.1 Å². The van der Waals surface area contributed by atoms with Gasteiger partial charge in [-0.1, -0.05) is 13.0 Å². The Morgan fingerprint density at radius 3 is 2.67 bits per heavy atom. The molecule has 1 aromatic heterocycles. The average molecular weight is 370 g/mol. The van der Waals surface area contributed by atoms with Crippen molar-refractivity contribution in [2.24, 2.45) is 5.73 Å². The van der Waals surface area contributed by atoms with Crippen molar-refractivity contribution in [1.29, 1.82) is 0 Å². The SMILES string of the molecule is CCC(N)Cc1ccc(OCc2ccc(Br)s2)c(OC)c1. The maximum atomic E-state index is 6.00. The predicted octanol–water partition coefficient (Wildman–Crippen LogP) is 4.38. The zero-order chi connectivity index (χ0) is 15.2. The van der Waals surface area contributed by atoms with Crippen LogP contribution in [0.1, 0.15) is 23.8 Å². The van der Waals surface area contributed by atoms with E-state index in [0.29, 0.717) is 6.61 Å². The average Bonchev–Trinajstić information content (AvgIpc) is 2.91. The van der Waals surface area contributed by atoms with Gasteiger partial charge in [0.1, 0.15) is 6.61 Å². The highest BCUT2D eigenvalue weighted by Crippen LogP contribution is 2.30. The molecular formula is C16H20BrNO2S. The molecule has 0 aliphatic carbocycles. The first-order valence-corrected chi connectivity index (χ1v) is 8.52. The monoisotopic (exact) mass is 369 g/mol. The lowest BCUT2D eigenvalue weighted by Crippen LogP contribution is -2.21. The van der Waals surface area contributed by atoms with Crippen molar-refractivity contribution in [3.05, 3.63) is 44.6 Å². The van der Waals surface area contributed by atoms with E-state index in [-0.39, 0.29) is 6.04 Å². The summed E-state index contributed by atoms with van der Waals surface area (Å²) in [5.74, 6) is 1.52. The Morgan fingerprint density at radius 2 is 2.05 bits per heavy atom. The lowest BCUT2D eigenvalue weighted by Gasteiger charge is -2.13. The first-order valence-electron chi connectivity index (χ1n) is 6.92. The molecular weight excluding hydrogens is 350 g/mol. The molecule has 2 aromatic rings. The number of benzene rings is 1. The normalized spacial score (nSPS) is 12.2. The molecule has 21 heavy (non-hydrogen) atoms. The van der Waals surface area contributed by atoms with Crippen molar-refractivity contribution in [3.8, 4) is 11.5 Å². The summed E-state index contributed by atoms with van der Waals surface area (Å²) in [6.07, 6.45) is 1.82. The quantitative estimate of drug-likeness (QED) is 0.787. The third-order valence-corrected chi connectivity index (χ3v) is 4.85. The van der Waals surface area contributed by atoms with E-state index in [1.807, 2.05) is 18.2 Å². The molecule has 0 aliphatic heterocycles. The number of nitrogens with two attached hydrogens (primary N) is 1. The van der Waals surface area contributed by atoms with Gasteiger partial charge >= 0.3 is 0 Å². The van der Waals surface area contributed by atoms with Gasteiger partial charge in [-0.05, 0) is 58.6 Å². The molecule has 0 fully saturated rings. The second kappa shape index (κ2) is 7.82. The van der Waals surface area contributed by atoms with Crippen LogP contribution < -0.4 is 15.2 Å². The Morgan fingerprint density at radius 1 is 1.24 bits per heavy atom. The van der Waals surface area contributed by atoms with E-state index in [1.165, 1.54) is 10.4 Å². The van der Waals surface area contributed by atoms with E-state index < -0.39 is 0 Å². The van der Waals surface area contributed by atoms with Gasteiger partial charge in [0, 0.05) is 10.9 Å². The third kappa shape index (κ3) is 4.73. The van der Waals surface area contributed by atoms with Crippen LogP contribution in [0.15, 0.2) is 34.1 Å². The van der Waals surface area contributed by atoms with Crippen LogP contribution in [0, 0.1) is 0 Å². The first-order chi connectivity index (χ1) is 10.1. The van der Waals surface area contributed by atoms with Crippen LogP contribution in [0.3, 0.4) is 0 Å². The van der Waals surface area contributed by atoms with Crippen LogP contribution in [0.5, 0.6) is 11.5 Å². The van der Waals surface area contributed by atoms with Crippen LogP contribution in [0.2, 0.25) is 0 Å². The molecule has 0 saturated carbocycles. The predicted molar refractivity (Wildman–Crippen MR) is 91.3 cm³/mol. The second-order valence-corrected chi connectivity index (χ2v) is 7.40. The van der Waals surface area contributed by atoms with Gasteiger partial charge in [-0.15, -0.1) is 11.3 Å². The summed E-state index contributed by atoms with van der Waals surface area (Å²) >= 11 is 5.12. The lowest BCUT2D eigenvalue weighted by atomic mass is 10.0. The van der Waals surface area contributed by atoms with Crippen LogP contribution in [0.4, 0.5) is 0 Å². The lowest BCUT2D eigenvalue weighted by molar-refractivity contribution is 0.287. The molecule has 3 nitrogen and oxygen atoms in total. The Hall–Kier alpha value is -1.04. The van der Waals surface area contributed by atoms with Crippen molar-refractivity contribution in [2.45, 2.75) is 32.4 Å². The van der Waals surface area contributed by atoms with Crippen LogP contribution >= 0.6 is 27.3 Å². The maximum Gasteiger partial charge on any atom is 0.161 e. The van der Waals surface area contributed by atoms with Crippen LogP contribution in [-0.2, 0) is 13.0 Å². The fourth-order valence-corrected chi connectivity index (χ4v) is 3.38. The highest BCUT2D eigenvalue weighted by atomic mass is 79.9. The van der Waals surface area contributed by atoms with Crippen molar-refractivity contribution in [1.82, 2.24) is 0 Å². The molecule has 5 heteroatoms. The largest absolute Gasteiger partial charge is 0.493 e. The smallest absolute Gasteiger partial charge is 0.161 e. The molecule has 1 aromatic carbocycles. The van der Waals surface area contributed by atoms with E-state index in [9.17, 15) is 0 Å². The topological polar surface area (TPSA) is 44.5 Å².